The van der Waals surface area contributed by atoms with Crippen molar-refractivity contribution in [1.29, 1.82) is 0 Å². The summed E-state index contributed by atoms with van der Waals surface area (Å²) < 4.78 is 0. The van der Waals surface area contributed by atoms with Gasteiger partial charge in [0.2, 0.25) is 0 Å². The lowest BCUT2D eigenvalue weighted by Crippen LogP contribution is -2.24. The average molecular weight is 158 g/mol. The third-order valence-electron chi connectivity index (χ3n) is 3.04. The molecule has 1 fully saturated rings. The Morgan fingerprint density at radius 3 is 2.00 bits per heavy atom. The SMILES string of the molecule is CC1CCCCC1(C)C.CO. The molecule has 1 aliphatic carbocycles. The van der Waals surface area contributed by atoms with E-state index in [0.29, 0.717) is 5.41 Å². The molecule has 1 heteroatoms. The molecule has 0 bridgehead atoms. The van der Waals surface area contributed by atoms with Gasteiger partial charge in [-0.15, -0.1) is 0 Å². The fraction of sp³-hybridized carbons (Fsp3) is 1.00. The summed E-state index contributed by atoms with van der Waals surface area (Å²) in [5.41, 5.74) is 0.637. The fourth-order valence-corrected chi connectivity index (χ4v) is 1.67. The molecule has 1 saturated carbocycles. The molecule has 1 atom stereocenters. The van der Waals surface area contributed by atoms with E-state index < -0.39 is 0 Å². The van der Waals surface area contributed by atoms with Crippen LogP contribution in [0.2, 0.25) is 0 Å². The third-order valence-corrected chi connectivity index (χ3v) is 3.04. The van der Waals surface area contributed by atoms with E-state index in [1.165, 1.54) is 25.7 Å². The molecule has 0 heterocycles. The third kappa shape index (κ3) is 3.24. The van der Waals surface area contributed by atoms with Crippen molar-refractivity contribution in [2.75, 3.05) is 7.11 Å². The number of hydrogen-bond acceptors (Lipinski definition) is 1. The van der Waals surface area contributed by atoms with Gasteiger partial charge < -0.3 is 5.11 Å². The van der Waals surface area contributed by atoms with Crippen LogP contribution in [0.3, 0.4) is 0 Å². The van der Waals surface area contributed by atoms with Gasteiger partial charge in [-0.2, -0.15) is 0 Å². The van der Waals surface area contributed by atoms with Crippen molar-refractivity contribution in [2.45, 2.75) is 46.5 Å². The van der Waals surface area contributed by atoms with Crippen molar-refractivity contribution in [2.24, 2.45) is 11.3 Å². The van der Waals surface area contributed by atoms with Gasteiger partial charge in [-0.1, -0.05) is 40.0 Å². The van der Waals surface area contributed by atoms with Crippen LogP contribution in [0.25, 0.3) is 0 Å². The standard InChI is InChI=1S/C9H18.CH4O/c1-8-6-4-5-7-9(8,2)3;1-2/h8H,4-7H2,1-3H3;2H,1H3. The van der Waals surface area contributed by atoms with Crippen LogP contribution in [0.4, 0.5) is 0 Å². The van der Waals surface area contributed by atoms with Crippen LogP contribution in [-0.2, 0) is 0 Å². The van der Waals surface area contributed by atoms with Gasteiger partial charge in [0.25, 0.3) is 0 Å². The Bertz CT molecular complexity index is 97.0. The van der Waals surface area contributed by atoms with Gasteiger partial charge in [-0.3, -0.25) is 0 Å². The van der Waals surface area contributed by atoms with Crippen LogP contribution < -0.4 is 0 Å². The molecule has 1 N–H and O–H groups in total. The monoisotopic (exact) mass is 158 g/mol. The molecular weight excluding hydrogens is 136 g/mol. The fourth-order valence-electron chi connectivity index (χ4n) is 1.67. The maximum Gasteiger partial charge on any atom is 0.0319 e. The summed E-state index contributed by atoms with van der Waals surface area (Å²) in [5.74, 6) is 0.950. The minimum Gasteiger partial charge on any atom is -0.400 e. The van der Waals surface area contributed by atoms with E-state index in [1.807, 2.05) is 0 Å². The van der Waals surface area contributed by atoms with Crippen molar-refractivity contribution >= 4 is 0 Å². The second kappa shape index (κ2) is 4.76. The topological polar surface area (TPSA) is 20.2 Å². The normalized spacial score (nSPS) is 28.6. The Morgan fingerprint density at radius 2 is 1.73 bits per heavy atom. The Labute approximate surface area is 70.8 Å². The first-order chi connectivity index (χ1) is 5.13. The van der Waals surface area contributed by atoms with Crippen molar-refractivity contribution in [3.63, 3.8) is 0 Å². The van der Waals surface area contributed by atoms with E-state index in [1.54, 1.807) is 0 Å². The van der Waals surface area contributed by atoms with Gasteiger partial charge in [0.15, 0.2) is 0 Å². The Balaban J connectivity index is 0.000000461. The second-order valence-corrected chi connectivity index (χ2v) is 4.14. The van der Waals surface area contributed by atoms with E-state index in [4.69, 9.17) is 5.11 Å². The summed E-state index contributed by atoms with van der Waals surface area (Å²) >= 11 is 0. The molecule has 68 valence electrons. The minimum atomic E-state index is 0.637. The molecule has 0 aromatic rings. The van der Waals surface area contributed by atoms with Crippen LogP contribution in [0.1, 0.15) is 46.5 Å². The predicted molar refractivity (Wildman–Crippen MR) is 49.6 cm³/mol. The van der Waals surface area contributed by atoms with E-state index in [9.17, 15) is 0 Å². The molecule has 1 aliphatic rings. The van der Waals surface area contributed by atoms with Crippen LogP contribution in [0, 0.1) is 11.3 Å². The minimum absolute atomic E-state index is 0.637. The van der Waals surface area contributed by atoms with Gasteiger partial charge in [-0.25, -0.2) is 0 Å². The van der Waals surface area contributed by atoms with Crippen LogP contribution >= 0.6 is 0 Å². The lowest BCUT2D eigenvalue weighted by Gasteiger charge is -2.36. The first-order valence-corrected chi connectivity index (χ1v) is 4.58. The first-order valence-electron chi connectivity index (χ1n) is 4.58. The lowest BCUT2D eigenvalue weighted by atomic mass is 9.70. The van der Waals surface area contributed by atoms with E-state index >= 15 is 0 Å². The number of rotatable bonds is 0. The summed E-state index contributed by atoms with van der Waals surface area (Å²) in [6.07, 6.45) is 5.81. The van der Waals surface area contributed by atoms with Crippen LogP contribution in [0.15, 0.2) is 0 Å². The average Bonchev–Trinajstić information content (AvgIpc) is 2.00. The molecule has 1 nitrogen and oxygen atoms in total. The van der Waals surface area contributed by atoms with E-state index in [-0.39, 0.29) is 0 Å². The lowest BCUT2D eigenvalue weighted by molar-refractivity contribution is 0.154. The van der Waals surface area contributed by atoms with Crippen molar-refractivity contribution < 1.29 is 5.11 Å². The molecule has 11 heavy (non-hydrogen) atoms. The van der Waals surface area contributed by atoms with Crippen molar-refractivity contribution in [3.8, 4) is 0 Å². The Kier molecular flexibility index (Phi) is 4.74. The highest BCUT2D eigenvalue weighted by Crippen LogP contribution is 2.39. The molecule has 0 radical (unpaired) electrons. The van der Waals surface area contributed by atoms with Gasteiger partial charge in [0.05, 0.1) is 0 Å². The zero-order valence-corrected chi connectivity index (χ0v) is 8.35. The zero-order valence-electron chi connectivity index (χ0n) is 8.35. The van der Waals surface area contributed by atoms with Crippen LogP contribution in [-0.4, -0.2) is 12.2 Å². The molecule has 0 saturated heterocycles. The Hall–Kier alpha value is -0.0400. The van der Waals surface area contributed by atoms with Gasteiger partial charge in [-0.05, 0) is 17.8 Å². The molecule has 0 spiro atoms. The van der Waals surface area contributed by atoms with E-state index in [2.05, 4.69) is 20.8 Å². The maximum absolute atomic E-state index is 7.00. The smallest absolute Gasteiger partial charge is 0.0319 e. The van der Waals surface area contributed by atoms with Crippen molar-refractivity contribution in [1.82, 2.24) is 0 Å². The van der Waals surface area contributed by atoms with Crippen molar-refractivity contribution in [3.05, 3.63) is 0 Å². The second-order valence-electron chi connectivity index (χ2n) is 4.14. The molecule has 0 amide bonds. The molecule has 0 aromatic heterocycles. The number of aliphatic hydroxyl groups is 1. The highest BCUT2D eigenvalue weighted by molar-refractivity contribution is 4.79. The summed E-state index contributed by atoms with van der Waals surface area (Å²) in [4.78, 5) is 0. The molecule has 1 unspecified atom stereocenters. The highest BCUT2D eigenvalue weighted by atomic mass is 16.2. The summed E-state index contributed by atoms with van der Waals surface area (Å²) in [6.45, 7) is 7.19. The molecule has 0 aliphatic heterocycles. The largest absolute Gasteiger partial charge is 0.400 e. The summed E-state index contributed by atoms with van der Waals surface area (Å²) in [6, 6.07) is 0. The molecule has 1 rings (SSSR count). The van der Waals surface area contributed by atoms with Gasteiger partial charge >= 0.3 is 0 Å². The maximum atomic E-state index is 7.00. The molecular formula is C10H22O. The van der Waals surface area contributed by atoms with Gasteiger partial charge in [0.1, 0.15) is 0 Å². The number of aliphatic hydroxyl groups excluding tert-OH is 1. The quantitative estimate of drug-likeness (QED) is 0.574. The van der Waals surface area contributed by atoms with Crippen LogP contribution in [0.5, 0.6) is 0 Å². The predicted octanol–water partition coefficient (Wildman–Crippen LogP) is 2.83. The number of hydrogen-bond donors (Lipinski definition) is 1. The first kappa shape index (κ1) is 11.0. The Morgan fingerprint density at radius 1 is 1.18 bits per heavy atom. The van der Waals surface area contributed by atoms with E-state index in [0.717, 1.165) is 13.0 Å². The molecule has 0 aromatic carbocycles. The zero-order chi connectivity index (χ0) is 8.91. The summed E-state index contributed by atoms with van der Waals surface area (Å²) in [5, 5.41) is 7.00. The highest BCUT2D eigenvalue weighted by Gasteiger charge is 2.27. The van der Waals surface area contributed by atoms with Gasteiger partial charge in [0, 0.05) is 7.11 Å². The summed E-state index contributed by atoms with van der Waals surface area (Å²) in [7, 11) is 1.00.